The molecule has 3 rings (SSSR count). The van der Waals surface area contributed by atoms with Crippen LogP contribution in [-0.4, -0.2) is 32.1 Å². The van der Waals surface area contributed by atoms with Crippen LogP contribution in [0.3, 0.4) is 0 Å². The van der Waals surface area contributed by atoms with Gasteiger partial charge in [-0.15, -0.1) is 11.6 Å². The molecule has 10 heteroatoms. The number of benzene rings is 2. The number of hydrogen-bond donors (Lipinski definition) is 0. The molecule has 1 atom stereocenters. The van der Waals surface area contributed by atoms with Crippen LogP contribution in [0.2, 0.25) is 10.0 Å². The van der Waals surface area contributed by atoms with Crippen LogP contribution in [0.4, 0.5) is 0 Å². The first-order valence-corrected chi connectivity index (χ1v) is 12.9. The summed E-state index contributed by atoms with van der Waals surface area (Å²) in [7, 11) is -3.47. The lowest BCUT2D eigenvalue weighted by Crippen LogP contribution is -2.04. The zero-order valence-corrected chi connectivity index (χ0v) is 20.6. The summed E-state index contributed by atoms with van der Waals surface area (Å²) < 4.78 is 39.7. The van der Waals surface area contributed by atoms with Crippen molar-refractivity contribution in [2.75, 3.05) is 18.7 Å². The average Bonchev–Trinajstić information content (AvgIpc) is 3.21. The molecule has 0 bridgehead atoms. The van der Waals surface area contributed by atoms with Crippen LogP contribution in [0.15, 0.2) is 52.2 Å². The molecule has 1 heterocycles. The predicted octanol–water partition coefficient (Wildman–Crippen LogP) is 5.93. The van der Waals surface area contributed by atoms with Crippen molar-refractivity contribution in [1.29, 1.82) is 0 Å². The van der Waals surface area contributed by atoms with Crippen LogP contribution < -0.4 is 9.47 Å². The molecule has 0 aliphatic carbocycles. The fraction of sp³-hybridized carbons (Fsp3) is 0.318. The van der Waals surface area contributed by atoms with Crippen molar-refractivity contribution in [3.63, 3.8) is 0 Å². The Morgan fingerprint density at radius 1 is 1.09 bits per heavy atom. The number of nitrogens with zero attached hydrogens (tertiary/aromatic N) is 1. The van der Waals surface area contributed by atoms with E-state index in [2.05, 4.69) is 11.9 Å². The van der Waals surface area contributed by atoms with Crippen LogP contribution in [0.1, 0.15) is 29.7 Å². The largest absolute Gasteiger partial charge is 0.489 e. The van der Waals surface area contributed by atoms with Gasteiger partial charge < -0.3 is 13.9 Å². The van der Waals surface area contributed by atoms with Gasteiger partial charge >= 0.3 is 0 Å². The minimum absolute atomic E-state index is 0.0353. The van der Waals surface area contributed by atoms with E-state index in [-0.39, 0.29) is 23.3 Å². The Kier molecular flexibility index (Phi) is 8.33. The molecule has 0 saturated heterocycles. The smallest absolute Gasteiger partial charge is 0.200 e. The van der Waals surface area contributed by atoms with Crippen LogP contribution in [0.25, 0.3) is 0 Å². The van der Waals surface area contributed by atoms with Gasteiger partial charge in [0.25, 0.3) is 0 Å². The van der Waals surface area contributed by atoms with Crippen molar-refractivity contribution in [2.24, 2.45) is 0 Å². The van der Waals surface area contributed by atoms with E-state index in [1.807, 2.05) is 36.4 Å². The second-order valence-electron chi connectivity index (χ2n) is 7.24. The lowest BCUT2D eigenvalue weighted by atomic mass is 9.93. The van der Waals surface area contributed by atoms with E-state index in [0.717, 1.165) is 30.2 Å². The quantitative estimate of drug-likeness (QED) is 0.310. The molecular formula is C22H22Cl3NO5S. The topological polar surface area (TPSA) is 78.6 Å². The van der Waals surface area contributed by atoms with Gasteiger partial charge in [0.05, 0.1) is 15.9 Å². The highest BCUT2D eigenvalue weighted by molar-refractivity contribution is 7.90. The van der Waals surface area contributed by atoms with Crippen molar-refractivity contribution in [1.82, 2.24) is 4.98 Å². The Labute approximate surface area is 202 Å². The maximum absolute atomic E-state index is 11.7. The van der Waals surface area contributed by atoms with Gasteiger partial charge in [-0.05, 0) is 47.7 Å². The molecule has 3 aromatic rings. The molecule has 32 heavy (non-hydrogen) atoms. The van der Waals surface area contributed by atoms with Gasteiger partial charge in [0.2, 0.25) is 0 Å². The van der Waals surface area contributed by atoms with E-state index in [1.165, 1.54) is 0 Å². The first kappa shape index (κ1) is 24.7. The number of aromatic nitrogens is 1. The van der Waals surface area contributed by atoms with E-state index in [4.69, 9.17) is 48.7 Å². The van der Waals surface area contributed by atoms with Crippen LogP contribution in [0, 0.1) is 0 Å². The van der Waals surface area contributed by atoms with Crippen molar-refractivity contribution in [2.45, 2.75) is 30.9 Å². The van der Waals surface area contributed by atoms with E-state index in [1.54, 1.807) is 0 Å². The van der Waals surface area contributed by atoms with E-state index >= 15 is 0 Å². The fourth-order valence-corrected chi connectivity index (χ4v) is 4.65. The number of oxazole rings is 1. The molecule has 0 spiro atoms. The predicted molar refractivity (Wildman–Crippen MR) is 125 cm³/mol. The van der Waals surface area contributed by atoms with Gasteiger partial charge in [-0.1, -0.05) is 42.3 Å². The third-order valence-corrected chi connectivity index (χ3v) is 6.45. The third kappa shape index (κ3) is 6.32. The fourth-order valence-electron chi connectivity index (χ4n) is 3.18. The number of alkyl halides is 1. The highest BCUT2D eigenvalue weighted by atomic mass is 35.5. The Hall–Kier alpha value is -1.93. The summed E-state index contributed by atoms with van der Waals surface area (Å²) in [4.78, 5) is 3.74. The summed E-state index contributed by atoms with van der Waals surface area (Å²) in [6, 6.07) is 11.3. The minimum atomic E-state index is -3.47. The van der Waals surface area contributed by atoms with Gasteiger partial charge in [0.1, 0.15) is 19.0 Å². The number of halogens is 3. The molecule has 2 aromatic carbocycles. The second kappa shape index (κ2) is 10.8. The molecule has 172 valence electrons. The maximum Gasteiger partial charge on any atom is 0.200 e. The van der Waals surface area contributed by atoms with Crippen molar-refractivity contribution in [3.05, 3.63) is 69.7 Å². The molecule has 0 amide bonds. The molecule has 6 nitrogen and oxygen atoms in total. The Morgan fingerprint density at radius 2 is 1.75 bits per heavy atom. The molecular weight excluding hydrogens is 497 g/mol. The number of ether oxygens (including phenoxy) is 2. The molecule has 1 aromatic heterocycles. The maximum atomic E-state index is 11.7. The summed E-state index contributed by atoms with van der Waals surface area (Å²) in [6.45, 7) is 2.39. The SMILES string of the molecule is CC(Cc1cc(Cl)c(OCCCl)c(Cl)c1)c1ccc(OCc2ocnc2S(C)(=O)=O)cc1. The Bertz CT molecular complexity index is 1140. The summed E-state index contributed by atoms with van der Waals surface area (Å²) >= 11 is 18.3. The summed E-state index contributed by atoms with van der Waals surface area (Å²) in [5.74, 6) is 1.73. The summed E-state index contributed by atoms with van der Waals surface area (Å²) in [5, 5.41) is 0.794. The van der Waals surface area contributed by atoms with Crippen LogP contribution in [-0.2, 0) is 22.9 Å². The van der Waals surface area contributed by atoms with Crippen molar-refractivity contribution < 1.29 is 22.3 Å². The standard InChI is InChI=1S/C22H22Cl3NO5S/c1-14(9-15-10-18(24)21(19(25)11-15)29-8-7-23)16-3-5-17(6-4-16)30-12-20-22(26-13-31-20)32(2,27)28/h3-6,10-11,13-14H,7-9,12H2,1-2H3. The molecule has 1 unspecified atom stereocenters. The highest BCUT2D eigenvalue weighted by Crippen LogP contribution is 2.36. The number of sulfone groups is 1. The third-order valence-electron chi connectivity index (χ3n) is 4.70. The molecule has 0 aliphatic rings. The lowest BCUT2D eigenvalue weighted by Gasteiger charge is -2.15. The summed E-state index contributed by atoms with van der Waals surface area (Å²) in [6.07, 6.45) is 2.89. The van der Waals surface area contributed by atoms with Gasteiger partial charge in [0, 0.05) is 6.26 Å². The van der Waals surface area contributed by atoms with Gasteiger partial charge in [0.15, 0.2) is 32.8 Å². The highest BCUT2D eigenvalue weighted by Gasteiger charge is 2.19. The van der Waals surface area contributed by atoms with Crippen LogP contribution >= 0.6 is 34.8 Å². The van der Waals surface area contributed by atoms with E-state index < -0.39 is 9.84 Å². The van der Waals surface area contributed by atoms with Gasteiger partial charge in [-0.25, -0.2) is 13.4 Å². The summed E-state index contributed by atoms with van der Waals surface area (Å²) in [5.41, 5.74) is 2.09. The monoisotopic (exact) mass is 517 g/mol. The first-order valence-electron chi connectivity index (χ1n) is 9.71. The van der Waals surface area contributed by atoms with E-state index in [0.29, 0.717) is 34.0 Å². The average molecular weight is 519 g/mol. The molecule has 0 aliphatic heterocycles. The zero-order chi connectivity index (χ0) is 23.3. The van der Waals surface area contributed by atoms with Crippen LogP contribution in [0.5, 0.6) is 11.5 Å². The normalized spacial score (nSPS) is 12.5. The first-order chi connectivity index (χ1) is 15.2. The van der Waals surface area contributed by atoms with Gasteiger partial charge in [-0.3, -0.25) is 0 Å². The Balaban J connectivity index is 1.63. The number of rotatable bonds is 10. The van der Waals surface area contributed by atoms with E-state index in [9.17, 15) is 8.42 Å². The number of hydrogen-bond acceptors (Lipinski definition) is 6. The second-order valence-corrected chi connectivity index (χ2v) is 10.4. The minimum Gasteiger partial charge on any atom is -0.489 e. The van der Waals surface area contributed by atoms with Gasteiger partial charge in [-0.2, -0.15) is 0 Å². The zero-order valence-electron chi connectivity index (χ0n) is 17.5. The molecule has 0 N–H and O–H groups in total. The van der Waals surface area contributed by atoms with Crippen molar-refractivity contribution >= 4 is 44.6 Å². The Morgan fingerprint density at radius 3 is 2.34 bits per heavy atom. The molecule has 0 fully saturated rings. The van der Waals surface area contributed by atoms with Crippen molar-refractivity contribution in [3.8, 4) is 11.5 Å². The molecule has 0 radical (unpaired) electrons. The lowest BCUT2D eigenvalue weighted by molar-refractivity contribution is 0.265. The molecule has 0 saturated carbocycles.